The van der Waals surface area contributed by atoms with Gasteiger partial charge in [-0.3, -0.25) is 0 Å². The van der Waals surface area contributed by atoms with Gasteiger partial charge in [-0.1, -0.05) is 103 Å². The van der Waals surface area contributed by atoms with E-state index in [0.717, 1.165) is 45.3 Å². The first-order valence-electron chi connectivity index (χ1n) is 13.2. The molecule has 0 amide bonds. The highest BCUT2D eigenvalue weighted by atomic mass is 32.1. The molecule has 190 valence electrons. The maximum absolute atomic E-state index is 4.94. The van der Waals surface area contributed by atoms with E-state index in [1.807, 2.05) is 59.9 Å². The summed E-state index contributed by atoms with van der Waals surface area (Å²) in [6.45, 7) is 0. The van der Waals surface area contributed by atoms with Gasteiger partial charge in [-0.15, -0.1) is 11.3 Å². The first kappa shape index (κ1) is 24.0. The molecular formula is C36H25N3S. The van der Waals surface area contributed by atoms with Crippen molar-refractivity contribution >= 4 is 32.8 Å². The van der Waals surface area contributed by atoms with Crippen LogP contribution in [0, 0.1) is 0 Å². The van der Waals surface area contributed by atoms with Crippen molar-refractivity contribution in [2.45, 2.75) is 0 Å². The van der Waals surface area contributed by atoms with Crippen LogP contribution in [0.2, 0.25) is 0 Å². The molecule has 2 aromatic heterocycles. The highest BCUT2D eigenvalue weighted by Gasteiger charge is 2.11. The third kappa shape index (κ3) is 5.00. The normalized spacial score (nSPS) is 11.0. The minimum atomic E-state index is 0.720. The van der Waals surface area contributed by atoms with Crippen LogP contribution in [0.1, 0.15) is 0 Å². The Morgan fingerprint density at radius 2 is 0.975 bits per heavy atom. The van der Waals surface area contributed by atoms with Gasteiger partial charge >= 0.3 is 0 Å². The van der Waals surface area contributed by atoms with Gasteiger partial charge in [0.2, 0.25) is 0 Å². The van der Waals surface area contributed by atoms with E-state index in [-0.39, 0.29) is 0 Å². The third-order valence-electron chi connectivity index (χ3n) is 6.89. The van der Waals surface area contributed by atoms with Gasteiger partial charge in [0.15, 0.2) is 5.82 Å². The Balaban J connectivity index is 1.14. The summed E-state index contributed by atoms with van der Waals surface area (Å²) in [6, 6.07) is 50.3. The number of nitrogens with one attached hydrogen (secondary N) is 1. The molecule has 0 spiro atoms. The number of benzene rings is 5. The molecule has 0 radical (unpaired) electrons. The van der Waals surface area contributed by atoms with Crippen molar-refractivity contribution in [2.75, 3.05) is 5.32 Å². The van der Waals surface area contributed by atoms with Crippen molar-refractivity contribution in [2.24, 2.45) is 0 Å². The van der Waals surface area contributed by atoms with E-state index < -0.39 is 0 Å². The number of fused-ring (bicyclic) bond motifs is 1. The van der Waals surface area contributed by atoms with Crippen LogP contribution in [0.4, 0.5) is 11.4 Å². The van der Waals surface area contributed by atoms with E-state index in [1.54, 1.807) is 0 Å². The van der Waals surface area contributed by atoms with Gasteiger partial charge < -0.3 is 5.32 Å². The van der Waals surface area contributed by atoms with Crippen LogP contribution < -0.4 is 5.32 Å². The lowest BCUT2D eigenvalue weighted by molar-refractivity contribution is 1.18. The molecule has 0 unspecified atom stereocenters. The fourth-order valence-corrected chi connectivity index (χ4v) is 5.87. The zero-order valence-corrected chi connectivity index (χ0v) is 22.5. The molecule has 0 aliphatic heterocycles. The number of anilines is 2. The largest absolute Gasteiger partial charge is 0.356 e. The third-order valence-corrected chi connectivity index (χ3v) is 8.06. The fraction of sp³-hybridized carbons (Fsp3) is 0. The molecule has 3 nitrogen and oxygen atoms in total. The Hall–Kier alpha value is -5.06. The Labute approximate surface area is 237 Å². The SMILES string of the molecule is c1ccc(-c2cc(-c3ccc(Nc4ccc(-c5cc6ccccc6s5)cc4)cc3)nc(-c3ccccc3)n2)cc1. The Kier molecular flexibility index (Phi) is 6.36. The van der Waals surface area contributed by atoms with Gasteiger partial charge in [-0.25, -0.2) is 9.97 Å². The van der Waals surface area contributed by atoms with Crippen molar-refractivity contribution in [3.63, 3.8) is 0 Å². The first-order chi connectivity index (χ1) is 19.8. The van der Waals surface area contributed by atoms with Crippen LogP contribution in [-0.2, 0) is 0 Å². The topological polar surface area (TPSA) is 37.8 Å². The Morgan fingerprint density at radius 1 is 0.450 bits per heavy atom. The molecular weight excluding hydrogens is 506 g/mol. The van der Waals surface area contributed by atoms with E-state index in [4.69, 9.17) is 9.97 Å². The van der Waals surface area contributed by atoms with Crippen molar-refractivity contribution in [3.8, 4) is 44.3 Å². The molecule has 0 atom stereocenters. The predicted octanol–water partition coefficient (Wildman–Crippen LogP) is 10.1. The quantitative estimate of drug-likeness (QED) is 0.232. The molecule has 2 heterocycles. The Bertz CT molecular complexity index is 1800. The standard InChI is InChI=1S/C36H25N3S/c1-3-9-25(10-4-1)32-24-33(39-36(38-32)28-11-5-2-6-12-28)26-15-19-30(20-16-26)37-31-21-17-27(18-22-31)35-23-29-13-7-8-14-34(29)40-35/h1-24,37H. The molecule has 1 N–H and O–H groups in total. The molecule has 0 aliphatic carbocycles. The first-order valence-corrected chi connectivity index (χ1v) is 14.1. The van der Waals surface area contributed by atoms with Gasteiger partial charge in [0, 0.05) is 37.6 Å². The van der Waals surface area contributed by atoms with Crippen LogP contribution in [0.25, 0.3) is 54.4 Å². The number of aromatic nitrogens is 2. The van der Waals surface area contributed by atoms with Gasteiger partial charge in [0.05, 0.1) is 11.4 Å². The molecule has 7 rings (SSSR count). The lowest BCUT2D eigenvalue weighted by Gasteiger charge is -2.11. The second-order valence-corrected chi connectivity index (χ2v) is 10.7. The van der Waals surface area contributed by atoms with Crippen LogP contribution in [-0.4, -0.2) is 9.97 Å². The van der Waals surface area contributed by atoms with Crippen LogP contribution >= 0.6 is 11.3 Å². The molecule has 0 bridgehead atoms. The van der Waals surface area contributed by atoms with Gasteiger partial charge in [0.1, 0.15) is 0 Å². The summed E-state index contributed by atoms with van der Waals surface area (Å²) < 4.78 is 1.32. The lowest BCUT2D eigenvalue weighted by atomic mass is 10.1. The number of rotatable bonds is 6. The summed E-state index contributed by atoms with van der Waals surface area (Å²) in [5.74, 6) is 0.720. The molecule has 5 aromatic carbocycles. The van der Waals surface area contributed by atoms with Gasteiger partial charge in [-0.05, 0) is 53.4 Å². The molecule has 4 heteroatoms. The average molecular weight is 532 g/mol. The van der Waals surface area contributed by atoms with Crippen LogP contribution in [0.15, 0.2) is 146 Å². The molecule has 40 heavy (non-hydrogen) atoms. The van der Waals surface area contributed by atoms with Crippen molar-refractivity contribution < 1.29 is 0 Å². The second-order valence-electron chi connectivity index (χ2n) is 9.62. The molecule has 0 aliphatic rings. The van der Waals surface area contributed by atoms with E-state index in [0.29, 0.717) is 0 Å². The van der Waals surface area contributed by atoms with Gasteiger partial charge in [-0.2, -0.15) is 0 Å². The summed E-state index contributed by atoms with van der Waals surface area (Å²) >= 11 is 1.83. The predicted molar refractivity (Wildman–Crippen MR) is 169 cm³/mol. The number of hydrogen-bond acceptors (Lipinski definition) is 4. The van der Waals surface area contributed by atoms with Gasteiger partial charge in [0.25, 0.3) is 0 Å². The monoisotopic (exact) mass is 531 g/mol. The second kappa shape index (κ2) is 10.6. The highest BCUT2D eigenvalue weighted by molar-refractivity contribution is 7.22. The Morgan fingerprint density at radius 3 is 1.60 bits per heavy atom. The zero-order valence-electron chi connectivity index (χ0n) is 21.7. The van der Waals surface area contributed by atoms with E-state index in [2.05, 4.69) is 102 Å². The van der Waals surface area contributed by atoms with Crippen LogP contribution in [0.5, 0.6) is 0 Å². The minimum absolute atomic E-state index is 0.720. The summed E-state index contributed by atoms with van der Waals surface area (Å²) in [5.41, 5.74) is 8.23. The lowest BCUT2D eigenvalue weighted by Crippen LogP contribution is -1.96. The summed E-state index contributed by atoms with van der Waals surface area (Å²) in [7, 11) is 0. The van der Waals surface area contributed by atoms with Crippen molar-refractivity contribution in [3.05, 3.63) is 146 Å². The number of hydrogen-bond donors (Lipinski definition) is 1. The number of nitrogens with zero attached hydrogens (tertiary/aromatic N) is 2. The zero-order chi connectivity index (χ0) is 26.7. The van der Waals surface area contributed by atoms with Crippen molar-refractivity contribution in [1.29, 1.82) is 0 Å². The highest BCUT2D eigenvalue weighted by Crippen LogP contribution is 2.34. The number of thiophene rings is 1. The van der Waals surface area contributed by atoms with E-state index in [9.17, 15) is 0 Å². The molecule has 7 aromatic rings. The maximum atomic E-state index is 4.94. The average Bonchev–Trinajstić information content (AvgIpc) is 3.47. The van der Waals surface area contributed by atoms with E-state index >= 15 is 0 Å². The minimum Gasteiger partial charge on any atom is -0.356 e. The summed E-state index contributed by atoms with van der Waals surface area (Å²) in [6.07, 6.45) is 0. The summed E-state index contributed by atoms with van der Waals surface area (Å²) in [5, 5.41) is 4.82. The fourth-order valence-electron chi connectivity index (χ4n) is 4.80. The van der Waals surface area contributed by atoms with Crippen LogP contribution in [0.3, 0.4) is 0 Å². The maximum Gasteiger partial charge on any atom is 0.160 e. The molecule has 0 saturated heterocycles. The summed E-state index contributed by atoms with van der Waals surface area (Å²) in [4.78, 5) is 11.1. The molecule has 0 saturated carbocycles. The smallest absolute Gasteiger partial charge is 0.160 e. The molecule has 0 fully saturated rings. The van der Waals surface area contributed by atoms with E-state index in [1.165, 1.54) is 20.5 Å². The van der Waals surface area contributed by atoms with Crippen molar-refractivity contribution in [1.82, 2.24) is 9.97 Å².